The van der Waals surface area contributed by atoms with Gasteiger partial charge in [-0.2, -0.15) is 0 Å². The van der Waals surface area contributed by atoms with Gasteiger partial charge in [-0.05, 0) is 41.8 Å². The maximum Gasteiger partial charge on any atom is 0.142 e. The van der Waals surface area contributed by atoms with Crippen molar-refractivity contribution in [1.29, 1.82) is 0 Å². The highest BCUT2D eigenvalue weighted by molar-refractivity contribution is 6.30. The Hall–Kier alpha value is -1.74. The zero-order valence-electron chi connectivity index (χ0n) is 10.6. The van der Waals surface area contributed by atoms with Crippen molar-refractivity contribution in [3.05, 3.63) is 58.4 Å². The highest BCUT2D eigenvalue weighted by Crippen LogP contribution is 2.24. The van der Waals surface area contributed by atoms with Gasteiger partial charge in [-0.15, -0.1) is 0 Å². The molecule has 2 N–H and O–H groups in total. The van der Waals surface area contributed by atoms with Crippen LogP contribution in [0.4, 0.5) is 10.1 Å². The number of hydrogen-bond acceptors (Lipinski definition) is 2. The lowest BCUT2D eigenvalue weighted by atomic mass is 10.1. The zero-order valence-corrected chi connectivity index (χ0v) is 11.4. The van der Waals surface area contributed by atoms with Crippen molar-refractivity contribution in [3.8, 4) is 5.75 Å². The molecule has 0 saturated carbocycles. The molecule has 2 rings (SSSR count). The van der Waals surface area contributed by atoms with E-state index < -0.39 is 5.82 Å². The average Bonchev–Trinajstić information content (AvgIpc) is 2.41. The second-order valence-corrected chi connectivity index (χ2v) is 4.67. The molecule has 19 heavy (non-hydrogen) atoms. The summed E-state index contributed by atoms with van der Waals surface area (Å²) in [5.74, 6) is 0.190. The van der Waals surface area contributed by atoms with E-state index in [1.54, 1.807) is 12.1 Å². The van der Waals surface area contributed by atoms with Crippen LogP contribution in [-0.4, -0.2) is 0 Å². The van der Waals surface area contributed by atoms with Crippen molar-refractivity contribution < 1.29 is 9.13 Å². The Balaban J connectivity index is 2.07. The van der Waals surface area contributed by atoms with E-state index in [9.17, 15) is 4.39 Å². The summed E-state index contributed by atoms with van der Waals surface area (Å²) in [6, 6.07) is 10.2. The largest absolute Gasteiger partial charge is 0.487 e. The number of halogens is 2. The monoisotopic (exact) mass is 279 g/mol. The number of nitrogen functional groups attached to an aromatic ring is 1. The van der Waals surface area contributed by atoms with Crippen LogP contribution >= 0.6 is 11.6 Å². The van der Waals surface area contributed by atoms with E-state index >= 15 is 0 Å². The summed E-state index contributed by atoms with van der Waals surface area (Å²) >= 11 is 5.71. The minimum atomic E-state index is -0.433. The third-order valence-electron chi connectivity index (χ3n) is 2.86. The fourth-order valence-electron chi connectivity index (χ4n) is 1.74. The molecule has 0 radical (unpaired) electrons. The van der Waals surface area contributed by atoms with E-state index in [-0.39, 0.29) is 5.02 Å². The topological polar surface area (TPSA) is 35.2 Å². The van der Waals surface area contributed by atoms with Gasteiger partial charge in [0.25, 0.3) is 0 Å². The summed E-state index contributed by atoms with van der Waals surface area (Å²) < 4.78 is 18.6. The number of nitrogens with two attached hydrogens (primary N) is 1. The molecule has 100 valence electrons. The lowest BCUT2D eigenvalue weighted by Gasteiger charge is -2.10. The molecule has 0 amide bonds. The van der Waals surface area contributed by atoms with Gasteiger partial charge >= 0.3 is 0 Å². The Kier molecular flexibility index (Phi) is 4.27. The molecule has 0 spiro atoms. The number of ether oxygens (including phenoxy) is 1. The van der Waals surface area contributed by atoms with Crippen LogP contribution in [0.5, 0.6) is 5.75 Å². The lowest BCUT2D eigenvalue weighted by molar-refractivity contribution is 0.307. The molecule has 0 aliphatic rings. The van der Waals surface area contributed by atoms with Crippen molar-refractivity contribution in [1.82, 2.24) is 0 Å². The molecular formula is C15H15ClFNO. The van der Waals surface area contributed by atoms with Crippen LogP contribution in [0.3, 0.4) is 0 Å². The molecule has 0 aromatic heterocycles. The van der Waals surface area contributed by atoms with Gasteiger partial charge in [-0.1, -0.05) is 30.7 Å². The first-order valence-corrected chi connectivity index (χ1v) is 6.43. The van der Waals surface area contributed by atoms with Gasteiger partial charge in [0.2, 0.25) is 0 Å². The Bertz CT molecular complexity index is 586. The predicted molar refractivity (Wildman–Crippen MR) is 76.0 cm³/mol. The van der Waals surface area contributed by atoms with Gasteiger partial charge in [0.1, 0.15) is 18.2 Å². The summed E-state index contributed by atoms with van der Waals surface area (Å²) in [6.45, 7) is 2.37. The minimum absolute atomic E-state index is 0.0930. The number of aryl methyl sites for hydroxylation is 1. The fraction of sp³-hybridized carbons (Fsp3) is 0.200. The molecule has 0 unspecified atom stereocenters. The molecule has 2 aromatic rings. The number of rotatable bonds is 4. The number of benzene rings is 2. The highest BCUT2D eigenvalue weighted by atomic mass is 35.5. The lowest BCUT2D eigenvalue weighted by Crippen LogP contribution is -1.99. The molecule has 2 aromatic carbocycles. The first kappa shape index (κ1) is 13.7. The molecule has 2 nitrogen and oxygen atoms in total. The second kappa shape index (κ2) is 5.93. The van der Waals surface area contributed by atoms with Crippen LogP contribution in [0.2, 0.25) is 5.02 Å². The zero-order chi connectivity index (χ0) is 13.8. The van der Waals surface area contributed by atoms with E-state index in [2.05, 4.69) is 6.92 Å². The fourth-order valence-corrected chi connectivity index (χ4v) is 1.94. The van der Waals surface area contributed by atoms with Crippen LogP contribution in [0, 0.1) is 5.82 Å². The summed E-state index contributed by atoms with van der Waals surface area (Å²) in [6.07, 6.45) is 0.929. The van der Waals surface area contributed by atoms with Crippen molar-refractivity contribution in [2.75, 3.05) is 5.73 Å². The highest BCUT2D eigenvalue weighted by Gasteiger charge is 2.04. The maximum absolute atomic E-state index is 13.0. The Morgan fingerprint density at radius 1 is 1.16 bits per heavy atom. The molecule has 0 saturated heterocycles. The Labute approximate surface area is 117 Å². The van der Waals surface area contributed by atoms with E-state index in [4.69, 9.17) is 22.1 Å². The Morgan fingerprint density at radius 3 is 2.53 bits per heavy atom. The SMILES string of the molecule is CCc1ccc(OCc2ccc(F)c(Cl)c2)c(N)c1. The quantitative estimate of drug-likeness (QED) is 0.851. The van der Waals surface area contributed by atoms with E-state index in [0.717, 1.165) is 17.5 Å². The van der Waals surface area contributed by atoms with Gasteiger partial charge in [-0.3, -0.25) is 0 Å². The number of hydrogen-bond donors (Lipinski definition) is 1. The Morgan fingerprint density at radius 2 is 1.89 bits per heavy atom. The third kappa shape index (κ3) is 3.38. The first-order valence-electron chi connectivity index (χ1n) is 6.05. The molecule has 0 bridgehead atoms. The number of anilines is 1. The van der Waals surface area contributed by atoms with Crippen LogP contribution in [-0.2, 0) is 13.0 Å². The maximum atomic E-state index is 13.0. The first-order chi connectivity index (χ1) is 9.10. The molecule has 0 fully saturated rings. The molecule has 0 aliphatic heterocycles. The van der Waals surface area contributed by atoms with Crippen LogP contribution in [0.1, 0.15) is 18.1 Å². The molecule has 0 atom stereocenters. The summed E-state index contributed by atoms with van der Waals surface area (Å²) in [7, 11) is 0. The van der Waals surface area contributed by atoms with Crippen LogP contribution < -0.4 is 10.5 Å². The minimum Gasteiger partial charge on any atom is -0.487 e. The van der Waals surface area contributed by atoms with Crippen molar-refractivity contribution >= 4 is 17.3 Å². The molecule has 0 heterocycles. The average molecular weight is 280 g/mol. The van der Waals surface area contributed by atoms with Gasteiger partial charge in [0.05, 0.1) is 10.7 Å². The third-order valence-corrected chi connectivity index (χ3v) is 3.15. The van der Waals surface area contributed by atoms with E-state index in [0.29, 0.717) is 18.0 Å². The van der Waals surface area contributed by atoms with Crippen molar-refractivity contribution in [3.63, 3.8) is 0 Å². The van der Waals surface area contributed by atoms with Crippen molar-refractivity contribution in [2.45, 2.75) is 20.0 Å². The summed E-state index contributed by atoms with van der Waals surface area (Å²) in [5.41, 5.74) is 8.47. The smallest absolute Gasteiger partial charge is 0.142 e. The van der Waals surface area contributed by atoms with Gasteiger partial charge in [0.15, 0.2) is 0 Å². The summed E-state index contributed by atoms with van der Waals surface area (Å²) in [5, 5.41) is 0.0930. The van der Waals surface area contributed by atoms with E-state index in [1.807, 2.05) is 18.2 Å². The predicted octanol–water partition coefficient (Wildman–Crippen LogP) is 4.20. The van der Waals surface area contributed by atoms with Gasteiger partial charge < -0.3 is 10.5 Å². The normalized spacial score (nSPS) is 10.5. The van der Waals surface area contributed by atoms with Gasteiger partial charge in [-0.25, -0.2) is 4.39 Å². The standard InChI is InChI=1S/C15H15ClFNO/c1-2-10-4-6-15(14(18)8-10)19-9-11-3-5-13(17)12(16)7-11/h3-8H,2,9,18H2,1H3. The van der Waals surface area contributed by atoms with Gasteiger partial charge in [0, 0.05) is 0 Å². The summed E-state index contributed by atoms with van der Waals surface area (Å²) in [4.78, 5) is 0. The molecule has 0 aliphatic carbocycles. The van der Waals surface area contributed by atoms with Crippen molar-refractivity contribution in [2.24, 2.45) is 0 Å². The van der Waals surface area contributed by atoms with Crippen LogP contribution in [0.25, 0.3) is 0 Å². The molecule has 4 heteroatoms. The second-order valence-electron chi connectivity index (χ2n) is 4.26. The molecular weight excluding hydrogens is 265 g/mol. The van der Waals surface area contributed by atoms with E-state index in [1.165, 1.54) is 6.07 Å². The van der Waals surface area contributed by atoms with Crippen LogP contribution in [0.15, 0.2) is 36.4 Å².